The molecule has 94 heavy (non-hydrogen) atoms. The number of hydrogen-bond acceptors (Lipinski definition) is 0. The first-order valence-corrected chi connectivity index (χ1v) is 32.4. The first-order chi connectivity index (χ1) is 46.5. The van der Waals surface area contributed by atoms with Crippen molar-refractivity contribution in [1.29, 1.82) is 0 Å². The van der Waals surface area contributed by atoms with Crippen LogP contribution in [0.5, 0.6) is 0 Å². The quantitative estimate of drug-likeness (QED) is 0.102. The maximum absolute atomic E-state index is 2.40. The van der Waals surface area contributed by atoms with Crippen molar-refractivity contribution in [3.8, 4) is 156 Å². The summed E-state index contributed by atoms with van der Waals surface area (Å²) in [6.45, 7) is 0. The van der Waals surface area contributed by atoms with Crippen molar-refractivity contribution in [1.82, 2.24) is 0 Å². The Morgan fingerprint density at radius 2 is 0.266 bits per heavy atom. The van der Waals surface area contributed by atoms with Gasteiger partial charge in [0.1, 0.15) is 0 Å². The van der Waals surface area contributed by atoms with Gasteiger partial charge in [0.2, 0.25) is 0 Å². The van der Waals surface area contributed by atoms with Crippen molar-refractivity contribution in [3.63, 3.8) is 0 Å². The van der Waals surface area contributed by atoms with E-state index in [-0.39, 0.29) is 0 Å². The minimum Gasteiger partial charge on any atom is -0.0622 e. The fourth-order valence-corrected chi connectivity index (χ4v) is 13.5. The van der Waals surface area contributed by atoms with E-state index >= 15 is 0 Å². The summed E-state index contributed by atoms with van der Waals surface area (Å²) < 4.78 is 0. The van der Waals surface area contributed by atoms with E-state index in [1.54, 1.807) is 0 Å². The van der Waals surface area contributed by atoms with Crippen LogP contribution in [-0.2, 0) is 0 Å². The van der Waals surface area contributed by atoms with E-state index in [1.165, 1.54) is 116 Å². The molecule has 0 fully saturated rings. The number of benzene rings is 16. The molecule has 0 nitrogen and oxygen atoms in total. The van der Waals surface area contributed by atoms with Crippen LogP contribution in [0.15, 0.2) is 388 Å². The Labute approximate surface area is 551 Å². The van der Waals surface area contributed by atoms with Crippen LogP contribution in [0.25, 0.3) is 167 Å². The molecule has 0 atom stereocenters. The van der Waals surface area contributed by atoms with Crippen molar-refractivity contribution in [3.05, 3.63) is 388 Å². The maximum Gasteiger partial charge on any atom is -0.00990 e. The van der Waals surface area contributed by atoms with Gasteiger partial charge in [-0.2, -0.15) is 0 Å². The van der Waals surface area contributed by atoms with E-state index in [1.807, 2.05) is 0 Å². The lowest BCUT2D eigenvalue weighted by Gasteiger charge is -2.16. The van der Waals surface area contributed by atoms with E-state index in [4.69, 9.17) is 0 Å². The molecular weight excluding hydrogens is 1130 g/mol. The summed E-state index contributed by atoms with van der Waals surface area (Å²) in [5.41, 5.74) is 32.9. The Morgan fingerprint density at radius 1 is 0.0957 bits per heavy atom. The molecule has 0 radical (unpaired) electrons. The molecule has 0 unspecified atom stereocenters. The van der Waals surface area contributed by atoms with Crippen LogP contribution < -0.4 is 0 Å². The largest absolute Gasteiger partial charge is 0.0622 e. The van der Waals surface area contributed by atoms with Crippen LogP contribution in [-0.4, -0.2) is 0 Å². The maximum atomic E-state index is 2.40. The molecule has 16 aromatic carbocycles. The van der Waals surface area contributed by atoms with E-state index in [2.05, 4.69) is 388 Å². The van der Waals surface area contributed by atoms with Gasteiger partial charge in [0.15, 0.2) is 0 Å². The molecule has 0 aromatic heterocycles. The van der Waals surface area contributed by atoms with E-state index in [9.17, 15) is 0 Å². The lowest BCUT2D eigenvalue weighted by molar-refractivity contribution is 1.54. The predicted molar refractivity (Wildman–Crippen MR) is 400 cm³/mol. The van der Waals surface area contributed by atoms with Crippen molar-refractivity contribution in [2.75, 3.05) is 0 Å². The van der Waals surface area contributed by atoms with E-state index in [0.29, 0.717) is 0 Å². The molecule has 0 aliphatic rings. The van der Waals surface area contributed by atoms with Crippen molar-refractivity contribution in [2.45, 2.75) is 0 Å². The molecule has 0 saturated heterocycles. The highest BCUT2D eigenvalue weighted by Gasteiger charge is 2.17. The predicted octanol–water partition coefficient (Wildman–Crippen LogP) is 26.2. The van der Waals surface area contributed by atoms with E-state index in [0.717, 1.165) is 50.1 Å². The van der Waals surface area contributed by atoms with Gasteiger partial charge in [0.25, 0.3) is 0 Å². The molecular formula is C94H64. The fraction of sp³-hybridized carbons (Fsp3) is 0. The van der Waals surface area contributed by atoms with Crippen molar-refractivity contribution < 1.29 is 0 Å². The average Bonchev–Trinajstić information content (AvgIpc) is 0.793. The summed E-state index contributed by atoms with van der Waals surface area (Å²) in [5, 5.41) is 2.42. The smallest absolute Gasteiger partial charge is 0.00990 e. The molecule has 0 aliphatic heterocycles. The van der Waals surface area contributed by atoms with Crippen LogP contribution in [0.3, 0.4) is 0 Å². The fourth-order valence-electron chi connectivity index (χ4n) is 13.5. The summed E-state index contributed by atoms with van der Waals surface area (Å²) in [7, 11) is 0. The number of fused-ring (bicyclic) bond motifs is 1. The summed E-state index contributed by atoms with van der Waals surface area (Å²) >= 11 is 0. The summed E-state index contributed by atoms with van der Waals surface area (Å²) in [6.07, 6.45) is 0. The molecule has 0 saturated carbocycles. The third kappa shape index (κ3) is 12.0. The molecule has 0 N–H and O–H groups in total. The van der Waals surface area contributed by atoms with Gasteiger partial charge in [-0.1, -0.05) is 285 Å². The third-order valence-corrected chi connectivity index (χ3v) is 18.4. The molecule has 0 heterocycles. The zero-order valence-corrected chi connectivity index (χ0v) is 52.0. The Kier molecular flexibility index (Phi) is 15.5. The van der Waals surface area contributed by atoms with Crippen molar-refractivity contribution in [2.24, 2.45) is 0 Å². The highest BCUT2D eigenvalue weighted by molar-refractivity contribution is 6.03. The highest BCUT2D eigenvalue weighted by Crippen LogP contribution is 2.43. The highest BCUT2D eigenvalue weighted by atomic mass is 14.2. The molecule has 16 aromatic rings. The summed E-state index contributed by atoms with van der Waals surface area (Å²) in [5.74, 6) is 0. The van der Waals surface area contributed by atoms with E-state index < -0.39 is 0 Å². The Balaban J connectivity index is 0.806. The Morgan fingerprint density at radius 3 is 0.543 bits per heavy atom. The molecule has 440 valence electrons. The van der Waals surface area contributed by atoms with Gasteiger partial charge in [0.05, 0.1) is 0 Å². The molecule has 16 rings (SSSR count). The van der Waals surface area contributed by atoms with Gasteiger partial charge in [-0.05, 0) is 270 Å². The van der Waals surface area contributed by atoms with Gasteiger partial charge in [-0.3, -0.25) is 0 Å². The van der Waals surface area contributed by atoms with Gasteiger partial charge < -0.3 is 0 Å². The zero-order valence-electron chi connectivity index (χ0n) is 52.0. The van der Waals surface area contributed by atoms with Crippen LogP contribution in [0.2, 0.25) is 0 Å². The van der Waals surface area contributed by atoms with Crippen LogP contribution in [0.4, 0.5) is 0 Å². The normalized spacial score (nSPS) is 11.2. The molecule has 0 aliphatic carbocycles. The SMILES string of the molecule is c1ccc(-c2cc(-c3ccccc3)cc(-c3cccc(-c4cccc(-c5cccc(-c6cc(-c7cccc(-c8cc(-c9ccccc9)cc(-c9ccccc9)c8)c7)cc(-c7cccc(-c8cc(-c9ccccc9)cc9cc(-c%10ccccc%10)ccc89)c7)c6)c5)c4)c3)c2)cc1. The zero-order chi connectivity index (χ0) is 62.6. The molecule has 0 spiro atoms. The van der Waals surface area contributed by atoms with Gasteiger partial charge in [-0.25, -0.2) is 0 Å². The summed E-state index contributed by atoms with van der Waals surface area (Å²) in [6, 6.07) is 143. The lowest BCUT2D eigenvalue weighted by Crippen LogP contribution is -1.90. The second-order valence-corrected chi connectivity index (χ2v) is 24.5. The van der Waals surface area contributed by atoms with Crippen LogP contribution >= 0.6 is 0 Å². The summed E-state index contributed by atoms with van der Waals surface area (Å²) in [4.78, 5) is 0. The van der Waals surface area contributed by atoms with Gasteiger partial charge in [-0.15, -0.1) is 0 Å². The first-order valence-electron chi connectivity index (χ1n) is 32.4. The molecule has 0 amide bonds. The second kappa shape index (κ2) is 25.6. The van der Waals surface area contributed by atoms with Crippen molar-refractivity contribution >= 4 is 10.8 Å². The first kappa shape index (κ1) is 57.0. The lowest BCUT2D eigenvalue weighted by atomic mass is 9.88. The second-order valence-electron chi connectivity index (χ2n) is 24.5. The third-order valence-electron chi connectivity index (χ3n) is 18.4. The van der Waals surface area contributed by atoms with Crippen LogP contribution in [0, 0.1) is 0 Å². The number of hydrogen-bond donors (Lipinski definition) is 0. The average molecular weight is 1190 g/mol. The monoisotopic (exact) mass is 1190 g/mol. The topological polar surface area (TPSA) is 0 Å². The van der Waals surface area contributed by atoms with Gasteiger partial charge in [0, 0.05) is 0 Å². The minimum absolute atomic E-state index is 1.14. The molecule has 0 heteroatoms. The Hall–Kier alpha value is -12.2. The van der Waals surface area contributed by atoms with Crippen LogP contribution in [0.1, 0.15) is 0 Å². The van der Waals surface area contributed by atoms with Gasteiger partial charge >= 0.3 is 0 Å². The minimum atomic E-state index is 1.14. The molecule has 0 bridgehead atoms. The Bertz CT molecular complexity index is 5260. The number of rotatable bonds is 14. The standard InChI is InChI=1S/C94H64/c1-7-24-65(25-8-1)80-46-47-93-92(53-80)63-91(70-34-17-6-18-35-70)64-94(93)81-45-23-44-79(52-81)90-61-88(60-89(62-90)78-43-22-42-77(51-78)87-58-84(68-30-13-4-14-31-68)55-85(59-87)69-32-15-5-16-33-69)76-41-21-39-74(50-76)72-37-19-36-71(48-72)73-38-20-40-75(49-73)86-56-82(66-26-9-2-10-27-66)54-83(57-86)67-28-11-3-12-29-67/h1-64H.